The van der Waals surface area contributed by atoms with Gasteiger partial charge in [-0.3, -0.25) is 0 Å². The van der Waals surface area contributed by atoms with Crippen LogP contribution in [-0.2, 0) is 5.41 Å². The molecule has 0 aromatic heterocycles. The van der Waals surface area contributed by atoms with Crippen LogP contribution in [0.5, 0.6) is 0 Å². The molecule has 0 aliphatic carbocycles. The Morgan fingerprint density at radius 1 is 1.19 bits per heavy atom. The molecule has 0 saturated heterocycles. The Morgan fingerprint density at radius 2 is 1.86 bits per heavy atom. The fourth-order valence-corrected chi connectivity index (χ4v) is 2.95. The molecule has 0 bridgehead atoms. The lowest BCUT2D eigenvalue weighted by Crippen LogP contribution is -2.45. The van der Waals surface area contributed by atoms with Gasteiger partial charge in [-0.15, -0.1) is 0 Å². The van der Waals surface area contributed by atoms with Gasteiger partial charge in [-0.25, -0.2) is 0 Å². The summed E-state index contributed by atoms with van der Waals surface area (Å²) in [6.45, 7) is 13.6. The minimum absolute atomic E-state index is 0.165. The Labute approximate surface area is 131 Å². The Kier molecular flexibility index (Phi) is 7.98. The van der Waals surface area contributed by atoms with E-state index in [1.165, 1.54) is 24.9 Å². The monoisotopic (exact) mass is 290 g/mol. The number of hydrogen-bond acceptors (Lipinski definition) is 2. The zero-order chi connectivity index (χ0) is 15.7. The van der Waals surface area contributed by atoms with E-state index in [0.29, 0.717) is 0 Å². The molecule has 0 radical (unpaired) electrons. The zero-order valence-corrected chi connectivity index (χ0v) is 14.7. The Morgan fingerprint density at radius 3 is 2.43 bits per heavy atom. The number of hydrogen-bond donors (Lipinski definition) is 1. The molecule has 0 fully saturated rings. The zero-order valence-electron chi connectivity index (χ0n) is 14.7. The van der Waals surface area contributed by atoms with Crippen LogP contribution in [0.25, 0.3) is 0 Å². The predicted molar refractivity (Wildman–Crippen MR) is 93.9 cm³/mol. The largest absolute Gasteiger partial charge is 0.316 e. The quantitative estimate of drug-likeness (QED) is 0.657. The number of benzene rings is 1. The molecule has 21 heavy (non-hydrogen) atoms. The molecule has 1 aromatic carbocycles. The molecule has 2 nitrogen and oxygen atoms in total. The molecule has 0 saturated carbocycles. The lowest BCUT2D eigenvalue weighted by molar-refractivity contribution is 0.221. The summed E-state index contributed by atoms with van der Waals surface area (Å²) < 4.78 is 0. The fraction of sp³-hybridized carbons (Fsp3) is 0.684. The second-order valence-electron chi connectivity index (χ2n) is 6.81. The lowest BCUT2D eigenvalue weighted by atomic mass is 9.81. The molecule has 0 heterocycles. The highest BCUT2D eigenvalue weighted by atomic mass is 15.1. The number of rotatable bonds is 10. The lowest BCUT2D eigenvalue weighted by Gasteiger charge is -2.35. The summed E-state index contributed by atoms with van der Waals surface area (Å²) in [5.74, 6) is 0.763. The number of nitrogens with zero attached hydrogens (tertiary/aromatic N) is 1. The molecule has 120 valence electrons. The maximum atomic E-state index is 3.62. The van der Waals surface area contributed by atoms with Crippen LogP contribution in [0.4, 0.5) is 0 Å². The van der Waals surface area contributed by atoms with Gasteiger partial charge in [0.2, 0.25) is 0 Å². The van der Waals surface area contributed by atoms with E-state index in [-0.39, 0.29) is 5.41 Å². The summed E-state index contributed by atoms with van der Waals surface area (Å²) in [6, 6.07) is 11.0. The molecular weight excluding hydrogens is 256 g/mol. The molecule has 0 aliphatic rings. The van der Waals surface area contributed by atoms with Crippen LogP contribution in [0.15, 0.2) is 30.3 Å². The molecule has 1 rings (SSSR count). The van der Waals surface area contributed by atoms with Crippen molar-refractivity contribution in [2.24, 2.45) is 5.92 Å². The van der Waals surface area contributed by atoms with Gasteiger partial charge in [-0.1, -0.05) is 64.4 Å². The predicted octanol–water partition coefficient (Wildman–Crippen LogP) is 3.92. The molecule has 1 aromatic rings. The average Bonchev–Trinajstić information content (AvgIpc) is 2.48. The highest BCUT2D eigenvalue weighted by Gasteiger charge is 2.28. The summed E-state index contributed by atoms with van der Waals surface area (Å²) >= 11 is 0. The van der Waals surface area contributed by atoms with Gasteiger partial charge in [0.15, 0.2) is 0 Å². The van der Waals surface area contributed by atoms with Crippen molar-refractivity contribution in [3.63, 3.8) is 0 Å². The smallest absolute Gasteiger partial charge is 0.0176 e. The van der Waals surface area contributed by atoms with E-state index in [4.69, 9.17) is 0 Å². The van der Waals surface area contributed by atoms with Crippen molar-refractivity contribution in [3.05, 3.63) is 35.9 Å². The first-order chi connectivity index (χ1) is 10.0. The molecular formula is C19H34N2. The van der Waals surface area contributed by atoms with Crippen molar-refractivity contribution in [1.82, 2.24) is 10.2 Å². The van der Waals surface area contributed by atoms with Crippen LogP contribution in [0.2, 0.25) is 0 Å². The Balaban J connectivity index is 2.76. The average molecular weight is 290 g/mol. The van der Waals surface area contributed by atoms with Crippen LogP contribution < -0.4 is 5.32 Å². The highest BCUT2D eigenvalue weighted by molar-refractivity contribution is 5.25. The summed E-state index contributed by atoms with van der Waals surface area (Å²) in [6.07, 6.45) is 2.44. The van der Waals surface area contributed by atoms with E-state index in [1.807, 2.05) is 0 Å². The first kappa shape index (κ1) is 18.2. The van der Waals surface area contributed by atoms with E-state index < -0.39 is 0 Å². The van der Waals surface area contributed by atoms with Gasteiger partial charge in [0.1, 0.15) is 0 Å². The fourth-order valence-electron chi connectivity index (χ4n) is 2.95. The number of nitrogens with one attached hydrogen (secondary N) is 1. The van der Waals surface area contributed by atoms with Gasteiger partial charge in [0, 0.05) is 25.0 Å². The molecule has 0 amide bonds. The van der Waals surface area contributed by atoms with E-state index >= 15 is 0 Å². The van der Waals surface area contributed by atoms with E-state index in [1.54, 1.807) is 0 Å². The third-order valence-electron chi connectivity index (χ3n) is 4.35. The second-order valence-corrected chi connectivity index (χ2v) is 6.81. The van der Waals surface area contributed by atoms with E-state index in [9.17, 15) is 0 Å². The molecule has 0 spiro atoms. The molecule has 2 unspecified atom stereocenters. The van der Waals surface area contributed by atoms with Crippen molar-refractivity contribution < 1.29 is 0 Å². The van der Waals surface area contributed by atoms with Crippen molar-refractivity contribution in [2.75, 3.05) is 33.2 Å². The Bertz CT molecular complexity index is 376. The SMILES string of the molecule is CCCNCC(C)(CN(C)CC(C)CC)c1ccccc1. The first-order valence-electron chi connectivity index (χ1n) is 8.46. The minimum atomic E-state index is 0.165. The van der Waals surface area contributed by atoms with Crippen molar-refractivity contribution in [3.8, 4) is 0 Å². The van der Waals surface area contributed by atoms with Gasteiger partial charge in [0.05, 0.1) is 0 Å². The molecule has 2 heteroatoms. The third kappa shape index (κ3) is 6.19. The van der Waals surface area contributed by atoms with E-state index in [0.717, 1.165) is 25.6 Å². The van der Waals surface area contributed by atoms with Gasteiger partial charge in [-0.05, 0) is 31.5 Å². The van der Waals surface area contributed by atoms with Crippen LogP contribution >= 0.6 is 0 Å². The summed E-state index contributed by atoms with van der Waals surface area (Å²) in [7, 11) is 2.26. The normalized spacial score (nSPS) is 15.9. The van der Waals surface area contributed by atoms with Crippen LogP contribution in [0.1, 0.15) is 46.1 Å². The number of likely N-dealkylation sites (N-methyl/N-ethyl adjacent to an activating group) is 1. The van der Waals surface area contributed by atoms with Crippen LogP contribution in [0, 0.1) is 5.92 Å². The van der Waals surface area contributed by atoms with Crippen LogP contribution in [-0.4, -0.2) is 38.1 Å². The maximum absolute atomic E-state index is 3.62. The van der Waals surface area contributed by atoms with E-state index in [2.05, 4.69) is 75.3 Å². The molecule has 0 aliphatic heterocycles. The summed E-state index contributed by atoms with van der Waals surface area (Å²) in [4.78, 5) is 2.49. The summed E-state index contributed by atoms with van der Waals surface area (Å²) in [5.41, 5.74) is 1.60. The van der Waals surface area contributed by atoms with Crippen molar-refractivity contribution in [2.45, 2.75) is 46.0 Å². The maximum Gasteiger partial charge on any atom is 0.0176 e. The van der Waals surface area contributed by atoms with Gasteiger partial charge in [0.25, 0.3) is 0 Å². The topological polar surface area (TPSA) is 15.3 Å². The van der Waals surface area contributed by atoms with Crippen molar-refractivity contribution >= 4 is 0 Å². The highest BCUT2D eigenvalue weighted by Crippen LogP contribution is 2.24. The van der Waals surface area contributed by atoms with Gasteiger partial charge < -0.3 is 10.2 Å². The minimum Gasteiger partial charge on any atom is -0.316 e. The molecule has 1 N–H and O–H groups in total. The standard InChI is InChI=1S/C19H34N2/c1-6-13-20-15-19(4,18-11-9-8-10-12-18)16-21(5)14-17(3)7-2/h8-12,17,20H,6-7,13-16H2,1-5H3. The second kappa shape index (κ2) is 9.22. The Hall–Kier alpha value is -0.860. The van der Waals surface area contributed by atoms with Gasteiger partial charge in [-0.2, -0.15) is 0 Å². The molecule has 2 atom stereocenters. The van der Waals surface area contributed by atoms with Gasteiger partial charge >= 0.3 is 0 Å². The van der Waals surface area contributed by atoms with Crippen molar-refractivity contribution in [1.29, 1.82) is 0 Å². The summed E-state index contributed by atoms with van der Waals surface area (Å²) in [5, 5.41) is 3.62. The third-order valence-corrected chi connectivity index (χ3v) is 4.35. The van der Waals surface area contributed by atoms with Crippen LogP contribution in [0.3, 0.4) is 0 Å². The first-order valence-corrected chi connectivity index (χ1v) is 8.46.